The number of carbonyl (C=O) groups excluding carboxylic acids is 1. The van der Waals surface area contributed by atoms with Crippen molar-refractivity contribution in [2.24, 2.45) is 0 Å². The summed E-state index contributed by atoms with van der Waals surface area (Å²) in [4.78, 5) is 12.1. The van der Waals surface area contributed by atoms with E-state index in [9.17, 15) is 4.79 Å². The van der Waals surface area contributed by atoms with Crippen LogP contribution in [0.5, 0.6) is 23.0 Å². The summed E-state index contributed by atoms with van der Waals surface area (Å²) in [6.07, 6.45) is 0. The second kappa shape index (κ2) is 9.03. The molecule has 0 bridgehead atoms. The zero-order valence-corrected chi connectivity index (χ0v) is 15.1. The van der Waals surface area contributed by atoms with Gasteiger partial charge in [-0.25, -0.2) is 0 Å². The number of carbonyl (C=O) groups is 1. The number of hydrogen-bond acceptors (Lipinski definition) is 5. The Labute approximate surface area is 151 Å². The highest BCUT2D eigenvalue weighted by Gasteiger charge is 2.13. The minimum absolute atomic E-state index is 0.151. The van der Waals surface area contributed by atoms with E-state index in [-0.39, 0.29) is 12.5 Å². The smallest absolute Gasteiger partial charge is 0.262 e. The Morgan fingerprint density at radius 1 is 1.00 bits per heavy atom. The zero-order valence-electron chi connectivity index (χ0n) is 14.3. The van der Waals surface area contributed by atoms with Gasteiger partial charge < -0.3 is 24.3 Å². The van der Waals surface area contributed by atoms with Gasteiger partial charge in [0.2, 0.25) is 0 Å². The summed E-state index contributed by atoms with van der Waals surface area (Å²) in [7, 11) is 2.98. The van der Waals surface area contributed by atoms with E-state index in [1.165, 1.54) is 14.2 Å². The van der Waals surface area contributed by atoms with E-state index in [2.05, 4.69) is 5.32 Å². The molecule has 134 valence electrons. The molecule has 7 heteroatoms. The van der Waals surface area contributed by atoms with Crippen molar-refractivity contribution in [2.75, 3.05) is 32.8 Å². The summed E-state index contributed by atoms with van der Waals surface area (Å²) in [5, 5.41) is 3.10. The van der Waals surface area contributed by atoms with E-state index in [4.69, 9.17) is 30.5 Å². The molecule has 0 aliphatic carbocycles. The number of hydrogen-bond donors (Lipinski definition) is 1. The van der Waals surface area contributed by atoms with Crippen LogP contribution < -0.4 is 24.3 Å². The average Bonchev–Trinajstić information content (AvgIpc) is 2.62. The fraction of sp³-hybridized carbons (Fsp3) is 0.278. The van der Waals surface area contributed by atoms with Gasteiger partial charge in [-0.1, -0.05) is 11.6 Å². The average molecular weight is 366 g/mol. The Bertz CT molecular complexity index is 718. The molecular weight excluding hydrogens is 346 g/mol. The topological polar surface area (TPSA) is 66.0 Å². The van der Waals surface area contributed by atoms with Crippen LogP contribution in [0.25, 0.3) is 0 Å². The molecular formula is C18H20ClNO5. The molecule has 6 nitrogen and oxygen atoms in total. The molecule has 0 radical (unpaired) electrons. The molecule has 1 amide bonds. The van der Waals surface area contributed by atoms with Crippen molar-refractivity contribution in [1.29, 1.82) is 0 Å². The molecule has 0 aromatic heterocycles. The number of methoxy groups -OCH3 is 2. The third kappa shape index (κ3) is 5.19. The van der Waals surface area contributed by atoms with E-state index >= 15 is 0 Å². The summed E-state index contributed by atoms with van der Waals surface area (Å²) in [6.45, 7) is 2.35. The fourth-order valence-corrected chi connectivity index (χ4v) is 2.32. The molecule has 2 aromatic carbocycles. The first-order chi connectivity index (χ1) is 12.1. The van der Waals surface area contributed by atoms with Crippen LogP contribution in [-0.2, 0) is 4.79 Å². The van der Waals surface area contributed by atoms with Crippen molar-refractivity contribution < 1.29 is 23.7 Å². The molecule has 0 aliphatic heterocycles. The van der Waals surface area contributed by atoms with Crippen LogP contribution in [0.1, 0.15) is 6.92 Å². The first-order valence-corrected chi connectivity index (χ1v) is 8.02. The zero-order chi connectivity index (χ0) is 18.2. The number of amides is 1. The maximum Gasteiger partial charge on any atom is 0.262 e. The summed E-state index contributed by atoms with van der Waals surface area (Å²) < 4.78 is 21.2. The molecule has 25 heavy (non-hydrogen) atoms. The van der Waals surface area contributed by atoms with Gasteiger partial charge >= 0.3 is 0 Å². The number of ether oxygens (including phenoxy) is 4. The Kier molecular flexibility index (Phi) is 6.77. The molecule has 0 fully saturated rings. The van der Waals surface area contributed by atoms with Gasteiger partial charge in [0.1, 0.15) is 23.0 Å². The van der Waals surface area contributed by atoms with Crippen molar-refractivity contribution in [2.45, 2.75) is 6.92 Å². The highest BCUT2D eigenvalue weighted by Crippen LogP contribution is 2.35. The van der Waals surface area contributed by atoms with Crippen LogP contribution in [0.2, 0.25) is 5.02 Å². The summed E-state index contributed by atoms with van der Waals surface area (Å²) >= 11 is 6.04. The number of nitrogens with one attached hydrogen (secondary N) is 1. The Morgan fingerprint density at radius 2 is 1.60 bits per heavy atom. The van der Waals surface area contributed by atoms with E-state index in [1.54, 1.807) is 36.4 Å². The van der Waals surface area contributed by atoms with Gasteiger partial charge in [0.15, 0.2) is 6.61 Å². The quantitative estimate of drug-likeness (QED) is 0.771. The Balaban J connectivity index is 1.98. The number of benzene rings is 2. The van der Waals surface area contributed by atoms with Crippen molar-refractivity contribution in [3.05, 3.63) is 41.4 Å². The monoisotopic (exact) mass is 365 g/mol. The lowest BCUT2D eigenvalue weighted by Gasteiger charge is -2.13. The molecule has 0 unspecified atom stereocenters. The molecule has 0 heterocycles. The van der Waals surface area contributed by atoms with Crippen LogP contribution in [0.15, 0.2) is 36.4 Å². The summed E-state index contributed by atoms with van der Waals surface area (Å²) in [5.74, 6) is 1.85. The van der Waals surface area contributed by atoms with Crippen LogP contribution in [0.3, 0.4) is 0 Å². The number of rotatable bonds is 8. The lowest BCUT2D eigenvalue weighted by Crippen LogP contribution is -2.20. The van der Waals surface area contributed by atoms with Crippen LogP contribution in [0, 0.1) is 0 Å². The predicted molar refractivity (Wildman–Crippen MR) is 96.3 cm³/mol. The lowest BCUT2D eigenvalue weighted by atomic mass is 10.2. The van der Waals surface area contributed by atoms with E-state index in [0.717, 1.165) is 5.75 Å². The maximum atomic E-state index is 12.1. The molecule has 0 atom stereocenters. The molecule has 0 saturated heterocycles. The molecule has 0 saturated carbocycles. The van der Waals surface area contributed by atoms with E-state index < -0.39 is 0 Å². The molecule has 0 spiro atoms. The highest BCUT2D eigenvalue weighted by atomic mass is 35.5. The minimum Gasteiger partial charge on any atom is -0.495 e. The van der Waals surface area contributed by atoms with Crippen LogP contribution in [0.4, 0.5) is 5.69 Å². The van der Waals surface area contributed by atoms with E-state index in [0.29, 0.717) is 34.6 Å². The standard InChI is InChI=1S/C18H20ClNO5/c1-4-24-12-5-7-13(8-6-12)25-11-18(21)20-15-10-16(22-2)14(19)9-17(15)23-3/h5-10H,4,11H2,1-3H3,(H,20,21). The fourth-order valence-electron chi connectivity index (χ4n) is 2.09. The van der Waals surface area contributed by atoms with Crippen molar-refractivity contribution >= 4 is 23.2 Å². The maximum absolute atomic E-state index is 12.1. The first kappa shape index (κ1) is 18.7. The van der Waals surface area contributed by atoms with Gasteiger partial charge in [-0.05, 0) is 31.2 Å². The number of anilines is 1. The van der Waals surface area contributed by atoms with Crippen molar-refractivity contribution in [3.8, 4) is 23.0 Å². The first-order valence-electron chi connectivity index (χ1n) is 7.64. The third-order valence-corrected chi connectivity index (χ3v) is 3.55. The van der Waals surface area contributed by atoms with Gasteiger partial charge in [0, 0.05) is 12.1 Å². The predicted octanol–water partition coefficient (Wildman–Crippen LogP) is 3.77. The molecule has 1 N–H and O–H groups in total. The Hall–Kier alpha value is -2.60. The van der Waals surface area contributed by atoms with Gasteiger partial charge in [-0.3, -0.25) is 4.79 Å². The normalized spacial score (nSPS) is 10.1. The SMILES string of the molecule is CCOc1ccc(OCC(=O)Nc2cc(OC)c(Cl)cc2OC)cc1. The Morgan fingerprint density at radius 3 is 2.16 bits per heavy atom. The third-order valence-electron chi connectivity index (χ3n) is 3.25. The summed E-state index contributed by atoms with van der Waals surface area (Å²) in [6, 6.07) is 10.2. The molecule has 2 rings (SSSR count). The second-order valence-electron chi connectivity index (χ2n) is 4.93. The van der Waals surface area contributed by atoms with E-state index in [1.807, 2.05) is 6.92 Å². The van der Waals surface area contributed by atoms with Gasteiger partial charge in [0.25, 0.3) is 5.91 Å². The van der Waals surface area contributed by atoms with Gasteiger partial charge in [0.05, 0.1) is 31.5 Å². The van der Waals surface area contributed by atoms with Crippen molar-refractivity contribution in [3.63, 3.8) is 0 Å². The van der Waals surface area contributed by atoms with Crippen LogP contribution >= 0.6 is 11.6 Å². The number of halogens is 1. The molecule has 2 aromatic rings. The molecule has 0 aliphatic rings. The van der Waals surface area contributed by atoms with Gasteiger partial charge in [-0.2, -0.15) is 0 Å². The highest BCUT2D eigenvalue weighted by molar-refractivity contribution is 6.32. The van der Waals surface area contributed by atoms with Crippen LogP contribution in [-0.4, -0.2) is 33.3 Å². The van der Waals surface area contributed by atoms with Crippen molar-refractivity contribution in [1.82, 2.24) is 0 Å². The largest absolute Gasteiger partial charge is 0.495 e. The lowest BCUT2D eigenvalue weighted by molar-refractivity contribution is -0.118. The van der Waals surface area contributed by atoms with Gasteiger partial charge in [-0.15, -0.1) is 0 Å². The second-order valence-corrected chi connectivity index (χ2v) is 5.34. The minimum atomic E-state index is -0.337. The summed E-state index contributed by atoms with van der Waals surface area (Å²) in [5.41, 5.74) is 0.448.